The number of halogens is 1. The molecule has 42 heavy (non-hydrogen) atoms. The first kappa shape index (κ1) is 31.7. The summed E-state index contributed by atoms with van der Waals surface area (Å²) in [6.07, 6.45) is 9.09. The van der Waals surface area contributed by atoms with Crippen LogP contribution in [0, 0.1) is 20.2 Å². The fourth-order valence-electron chi connectivity index (χ4n) is 6.39. The van der Waals surface area contributed by atoms with E-state index in [1.54, 1.807) is 6.07 Å². The maximum atomic E-state index is 13.7. The second kappa shape index (κ2) is 14.3. The summed E-state index contributed by atoms with van der Waals surface area (Å²) in [5.74, 6) is 0.715. The molecule has 1 amide bonds. The maximum Gasteiger partial charge on any atom is 0.411 e. The summed E-state index contributed by atoms with van der Waals surface area (Å²) in [5.41, 5.74) is 2.97. The number of amides is 1. The lowest BCUT2D eigenvalue weighted by Gasteiger charge is -2.42. The van der Waals surface area contributed by atoms with Crippen molar-refractivity contribution in [3.8, 4) is 0 Å². The van der Waals surface area contributed by atoms with Crippen molar-refractivity contribution in [2.75, 3.05) is 32.9 Å². The molecule has 0 spiro atoms. The van der Waals surface area contributed by atoms with Crippen LogP contribution in [0.5, 0.6) is 0 Å². The Labute approximate surface area is 248 Å². The number of ether oxygens (including phenoxy) is 1. The molecule has 9 nitrogen and oxygen atoms in total. The number of benzene rings is 1. The van der Waals surface area contributed by atoms with Crippen molar-refractivity contribution >= 4 is 17.1 Å². The largest absolute Gasteiger partial charge is 0.411 e. The smallest absolute Gasteiger partial charge is 0.399 e. The molecule has 2 aliphatic heterocycles. The third-order valence-corrected chi connectivity index (χ3v) is 8.94. The molecule has 1 fully saturated rings. The highest BCUT2D eigenvalue weighted by Crippen LogP contribution is 2.35. The molecular weight excluding hydrogens is 537 g/mol. The van der Waals surface area contributed by atoms with Gasteiger partial charge in [-0.3, -0.25) is 13.8 Å². The number of carbonyl (C=O) groups is 1. The van der Waals surface area contributed by atoms with Gasteiger partial charge in [-0.1, -0.05) is 31.3 Å². The zero-order valence-electron chi connectivity index (χ0n) is 25.4. The van der Waals surface area contributed by atoms with Crippen molar-refractivity contribution in [2.24, 2.45) is 0 Å². The van der Waals surface area contributed by atoms with E-state index in [0.29, 0.717) is 29.6 Å². The Morgan fingerprint density at radius 2 is 2.02 bits per heavy atom. The Bertz CT molecular complexity index is 1410. The van der Waals surface area contributed by atoms with Crippen LogP contribution in [0.2, 0.25) is 0 Å². The molecule has 3 aromatic rings. The zero-order valence-corrected chi connectivity index (χ0v) is 25.4. The molecule has 0 aliphatic carbocycles. The molecule has 1 aromatic carbocycles. The Morgan fingerprint density at radius 3 is 2.81 bits per heavy atom. The average molecular weight is 584 g/mol. The molecule has 0 unspecified atom stereocenters. The number of aromatic nitrogens is 3. The van der Waals surface area contributed by atoms with Gasteiger partial charge in [-0.25, -0.2) is 14.2 Å². The van der Waals surface area contributed by atoms with Crippen LogP contribution >= 0.6 is 0 Å². The van der Waals surface area contributed by atoms with E-state index < -0.39 is 6.09 Å². The maximum absolute atomic E-state index is 13.7. The Kier molecular flexibility index (Phi) is 10.8. The van der Waals surface area contributed by atoms with E-state index in [0.717, 1.165) is 106 Å². The number of carbonyl (C=O) groups excluding carboxylic acids is 1. The number of quaternary nitrogens is 1. The summed E-state index contributed by atoms with van der Waals surface area (Å²) < 4.78 is 27.3. The van der Waals surface area contributed by atoms with Gasteiger partial charge in [0.1, 0.15) is 11.6 Å². The Morgan fingerprint density at radius 1 is 1.21 bits per heavy atom. The molecule has 0 radical (unpaired) electrons. The summed E-state index contributed by atoms with van der Waals surface area (Å²) in [7, 11) is 0. The van der Waals surface area contributed by atoms with Crippen LogP contribution in [0.15, 0.2) is 27.5 Å². The monoisotopic (exact) mass is 583 g/mol. The highest BCUT2D eigenvalue weighted by Gasteiger charge is 2.37. The first-order valence-corrected chi connectivity index (χ1v) is 15.3. The van der Waals surface area contributed by atoms with E-state index in [4.69, 9.17) is 14.2 Å². The lowest BCUT2D eigenvalue weighted by atomic mass is 9.90. The van der Waals surface area contributed by atoms with Gasteiger partial charge in [0, 0.05) is 67.4 Å². The minimum atomic E-state index is -0.391. The van der Waals surface area contributed by atoms with E-state index >= 15 is 0 Å². The third kappa shape index (κ3) is 7.19. The molecule has 4 heterocycles. The standard InChI is InChI=1S/C31H42FN5O4.CH3/c1-3-4-5-7-15-33-31(39)40-21-37(19-14-25-22(2)34-28-9-6-8-16-36(28)30(25)38)17-12-23(13-18-37)29-26-11-10-24(32)20-27(26)41-35-29;/h10-11,20,23H,3-9,12-19,21H2,1-2H3;1H3/q;-1/p+1. The Balaban J connectivity index is 0.00000405. The van der Waals surface area contributed by atoms with Crippen molar-refractivity contribution in [3.05, 3.63) is 64.6 Å². The summed E-state index contributed by atoms with van der Waals surface area (Å²) in [6.45, 7) is 7.89. The lowest BCUT2D eigenvalue weighted by Crippen LogP contribution is -2.56. The molecule has 1 saturated heterocycles. The van der Waals surface area contributed by atoms with Gasteiger partial charge >= 0.3 is 6.09 Å². The van der Waals surface area contributed by atoms with Gasteiger partial charge in [0.05, 0.1) is 25.3 Å². The molecule has 0 saturated carbocycles. The normalized spacial score (nSPS) is 20.1. The Hall–Kier alpha value is -3.27. The molecule has 230 valence electrons. The average Bonchev–Trinajstić information content (AvgIpc) is 3.39. The zero-order chi connectivity index (χ0) is 28.8. The third-order valence-electron chi connectivity index (χ3n) is 8.94. The van der Waals surface area contributed by atoms with E-state index in [1.807, 2.05) is 11.5 Å². The molecule has 2 aliphatic rings. The van der Waals surface area contributed by atoms with Crippen molar-refractivity contribution in [1.82, 2.24) is 20.0 Å². The molecular formula is C32H46FN5O4. The van der Waals surface area contributed by atoms with Gasteiger partial charge < -0.3 is 22.0 Å². The number of hydrogen-bond donors (Lipinski definition) is 1. The van der Waals surface area contributed by atoms with Gasteiger partial charge in [-0.2, -0.15) is 0 Å². The molecule has 1 N–H and O–H groups in total. The first-order valence-electron chi connectivity index (χ1n) is 15.3. The van der Waals surface area contributed by atoms with E-state index in [1.165, 1.54) is 12.1 Å². The second-order valence-corrected chi connectivity index (χ2v) is 11.8. The molecule has 5 rings (SSSR count). The molecule has 10 heteroatoms. The van der Waals surface area contributed by atoms with Gasteiger partial charge in [-0.15, -0.1) is 0 Å². The number of nitrogens with one attached hydrogen (secondary N) is 1. The highest BCUT2D eigenvalue weighted by atomic mass is 19.1. The van der Waals surface area contributed by atoms with Crippen LogP contribution in [-0.4, -0.2) is 58.2 Å². The number of fused-ring (bicyclic) bond motifs is 2. The highest BCUT2D eigenvalue weighted by molar-refractivity contribution is 5.79. The van der Waals surface area contributed by atoms with Gasteiger partial charge in [0.15, 0.2) is 5.58 Å². The summed E-state index contributed by atoms with van der Waals surface area (Å²) in [5, 5.41) is 8.04. The van der Waals surface area contributed by atoms with Crippen LogP contribution in [-0.2, 0) is 24.1 Å². The van der Waals surface area contributed by atoms with Crippen molar-refractivity contribution in [2.45, 2.75) is 90.5 Å². The van der Waals surface area contributed by atoms with E-state index in [9.17, 15) is 14.0 Å². The minimum absolute atomic E-state index is 0. The first-order chi connectivity index (χ1) is 19.9. The SMILES string of the molecule is CCCCCCNC(=O)OC[N+]1(CCc2c(C)nc3n(c2=O)CCCC3)CCC(c2noc3cc(F)ccc23)CC1.[CH3-]. The number of nitrogens with zero attached hydrogens (tertiary/aromatic N) is 4. The van der Waals surface area contributed by atoms with Crippen molar-refractivity contribution < 1.29 is 22.9 Å². The van der Waals surface area contributed by atoms with Gasteiger partial charge in [0.2, 0.25) is 6.73 Å². The molecule has 2 aromatic heterocycles. The van der Waals surface area contributed by atoms with E-state index in [2.05, 4.69) is 17.4 Å². The van der Waals surface area contributed by atoms with Gasteiger partial charge in [-0.05, 0) is 38.3 Å². The second-order valence-electron chi connectivity index (χ2n) is 11.8. The predicted octanol–water partition coefficient (Wildman–Crippen LogP) is 5.82. The number of alkyl carbamates (subject to hydrolysis) is 1. The van der Waals surface area contributed by atoms with Crippen LogP contribution in [0.4, 0.5) is 9.18 Å². The topological polar surface area (TPSA) is 99.2 Å². The summed E-state index contributed by atoms with van der Waals surface area (Å²) >= 11 is 0. The quantitative estimate of drug-likeness (QED) is 0.174. The van der Waals surface area contributed by atoms with Crippen LogP contribution in [0.3, 0.4) is 0 Å². The number of aryl methyl sites for hydroxylation is 2. The predicted molar refractivity (Wildman–Crippen MR) is 161 cm³/mol. The van der Waals surface area contributed by atoms with E-state index in [-0.39, 0.29) is 31.5 Å². The minimum Gasteiger partial charge on any atom is -0.399 e. The van der Waals surface area contributed by atoms with Crippen LogP contribution < -0.4 is 10.9 Å². The van der Waals surface area contributed by atoms with Crippen LogP contribution in [0.1, 0.15) is 87.0 Å². The fourth-order valence-corrected chi connectivity index (χ4v) is 6.39. The van der Waals surface area contributed by atoms with Crippen molar-refractivity contribution in [1.29, 1.82) is 0 Å². The number of unbranched alkanes of at least 4 members (excludes halogenated alkanes) is 3. The molecule has 0 atom stereocenters. The number of likely N-dealkylation sites (tertiary alicyclic amines) is 1. The van der Waals surface area contributed by atoms with Crippen molar-refractivity contribution in [3.63, 3.8) is 0 Å². The number of rotatable bonds is 11. The number of piperidine rings is 1. The molecule has 0 bridgehead atoms. The lowest BCUT2D eigenvalue weighted by molar-refractivity contribution is -0.947. The number of hydrogen-bond acceptors (Lipinski definition) is 6. The summed E-state index contributed by atoms with van der Waals surface area (Å²) in [6, 6.07) is 4.55. The van der Waals surface area contributed by atoms with Gasteiger partial charge in [0.25, 0.3) is 5.56 Å². The van der Waals surface area contributed by atoms with Crippen LogP contribution in [0.25, 0.3) is 11.0 Å². The fraction of sp³-hybridized carbons (Fsp3) is 0.594. The summed E-state index contributed by atoms with van der Waals surface area (Å²) in [4.78, 5) is 30.8.